The van der Waals surface area contributed by atoms with E-state index >= 15 is 0 Å². The summed E-state index contributed by atoms with van der Waals surface area (Å²) in [5, 5.41) is 11.2. The number of rotatable bonds is 7. The van der Waals surface area contributed by atoms with Crippen LogP contribution >= 0.6 is 0 Å². The predicted octanol–water partition coefficient (Wildman–Crippen LogP) is 14.9. The highest BCUT2D eigenvalue weighted by molar-refractivity contribution is 6.22. The van der Waals surface area contributed by atoms with Gasteiger partial charge in [0.1, 0.15) is 0 Å². The molecule has 2 heterocycles. The van der Waals surface area contributed by atoms with E-state index in [1.165, 1.54) is 99.0 Å². The van der Waals surface area contributed by atoms with Gasteiger partial charge in [-0.25, -0.2) is 0 Å². The lowest BCUT2D eigenvalue weighted by Gasteiger charge is -2.25. The van der Waals surface area contributed by atoms with Gasteiger partial charge in [-0.15, -0.1) is 0 Å². The first-order valence-electron chi connectivity index (χ1n) is 22.2. The van der Waals surface area contributed by atoms with Crippen LogP contribution in [0.1, 0.15) is 49.2 Å². The molecule has 0 aliphatic heterocycles. The number of aryl methyl sites for hydroxylation is 2. The smallest absolute Gasteiger partial charge is 0.0817 e. The van der Waals surface area contributed by atoms with Crippen molar-refractivity contribution in [3.05, 3.63) is 222 Å². The highest BCUT2D eigenvalue weighted by Crippen LogP contribution is 2.41. The number of benzene rings is 8. The molecule has 63 heavy (non-hydrogen) atoms. The maximum Gasteiger partial charge on any atom is 0.0817 e. The largest absolute Gasteiger partial charge is 0.312 e. The van der Waals surface area contributed by atoms with Crippen LogP contribution in [0, 0.1) is 13.8 Å². The van der Waals surface area contributed by atoms with E-state index in [-0.39, 0.29) is 12.2 Å². The minimum absolute atomic E-state index is 0.00232. The molecule has 1 aliphatic carbocycles. The molecular formula is C59H52N4. The Labute approximate surface area is 369 Å². The number of hydrogen-bond acceptors (Lipinski definition) is 2. The zero-order valence-corrected chi connectivity index (χ0v) is 36.6. The van der Waals surface area contributed by atoms with Gasteiger partial charge >= 0.3 is 0 Å². The molecule has 3 N–H and O–H groups in total. The predicted molar refractivity (Wildman–Crippen MR) is 270 cm³/mol. The van der Waals surface area contributed by atoms with Crippen LogP contribution < -0.4 is 11.1 Å². The molecule has 1 aliphatic rings. The van der Waals surface area contributed by atoms with Crippen LogP contribution in [0.3, 0.4) is 0 Å². The van der Waals surface area contributed by atoms with Gasteiger partial charge in [-0.1, -0.05) is 147 Å². The molecule has 0 saturated heterocycles. The average molecular weight is 817 g/mol. The first kappa shape index (κ1) is 39.9. The van der Waals surface area contributed by atoms with Crippen molar-refractivity contribution in [2.45, 2.75) is 46.8 Å². The standard InChI is InChI=1S/C57H46N4.C2H6/c1-36-31-37(2)33-45(32-36)61-54-29-25-43(35-50(54)56-47-17-8-7-15-40(47)23-30-55(56)61)42-24-28-53-49(34-42)48-18-10-12-20-52(48)60(53)44-26-21-41(22-27-44)57(58)59-51-19-11-9-16-46(51)38(3)39-13-5-4-6-14-39;1-2/h4-35,51,57,59H,58H2,1-3H3;1-2H3/b46-38+;. The van der Waals surface area contributed by atoms with E-state index in [4.69, 9.17) is 5.73 Å². The fourth-order valence-corrected chi connectivity index (χ4v) is 9.78. The number of allylic oxidation sites excluding steroid dienone is 3. The van der Waals surface area contributed by atoms with E-state index in [0.29, 0.717) is 0 Å². The number of nitrogens with one attached hydrogen (secondary N) is 1. The highest BCUT2D eigenvalue weighted by atomic mass is 15.1. The summed E-state index contributed by atoms with van der Waals surface area (Å²) >= 11 is 0. The molecule has 0 amide bonds. The van der Waals surface area contributed by atoms with Crippen LogP contribution in [0.2, 0.25) is 0 Å². The van der Waals surface area contributed by atoms with Crippen molar-refractivity contribution in [1.29, 1.82) is 0 Å². The van der Waals surface area contributed by atoms with Crippen LogP contribution in [0.4, 0.5) is 0 Å². The van der Waals surface area contributed by atoms with E-state index in [9.17, 15) is 0 Å². The van der Waals surface area contributed by atoms with Crippen molar-refractivity contribution >= 4 is 60.0 Å². The molecule has 4 heteroatoms. The summed E-state index contributed by atoms with van der Waals surface area (Å²) in [5.41, 5.74) is 23.6. The summed E-state index contributed by atoms with van der Waals surface area (Å²) in [5.74, 6) is 0. The van der Waals surface area contributed by atoms with Gasteiger partial charge in [0.05, 0.1) is 34.3 Å². The number of aromatic nitrogens is 2. The second-order valence-electron chi connectivity index (χ2n) is 16.6. The Balaban J connectivity index is 0.00000232. The van der Waals surface area contributed by atoms with Crippen LogP contribution in [0.25, 0.3) is 82.5 Å². The number of hydrogen-bond donors (Lipinski definition) is 2. The van der Waals surface area contributed by atoms with Gasteiger partial charge in [-0.05, 0) is 137 Å². The molecule has 0 saturated carbocycles. The highest BCUT2D eigenvalue weighted by Gasteiger charge is 2.20. The van der Waals surface area contributed by atoms with E-state index < -0.39 is 0 Å². The molecule has 8 aromatic carbocycles. The monoisotopic (exact) mass is 816 g/mol. The van der Waals surface area contributed by atoms with E-state index in [2.05, 4.69) is 229 Å². The zero-order chi connectivity index (χ0) is 43.2. The molecule has 0 fully saturated rings. The Morgan fingerprint density at radius 1 is 0.540 bits per heavy atom. The van der Waals surface area contributed by atoms with E-state index in [1.807, 2.05) is 13.8 Å². The maximum atomic E-state index is 6.88. The quantitative estimate of drug-likeness (QED) is 0.157. The second kappa shape index (κ2) is 16.6. The fourth-order valence-electron chi connectivity index (χ4n) is 9.78. The third-order valence-corrected chi connectivity index (χ3v) is 12.7. The Hall–Kier alpha value is -7.24. The van der Waals surface area contributed by atoms with Gasteiger partial charge < -0.3 is 14.9 Å². The Morgan fingerprint density at radius 2 is 1.14 bits per heavy atom. The molecule has 0 spiro atoms. The van der Waals surface area contributed by atoms with Crippen LogP contribution in [-0.2, 0) is 0 Å². The second-order valence-corrected chi connectivity index (χ2v) is 16.6. The summed E-state index contributed by atoms with van der Waals surface area (Å²) < 4.78 is 4.82. The lowest BCUT2D eigenvalue weighted by Crippen LogP contribution is -2.38. The molecule has 4 nitrogen and oxygen atoms in total. The maximum absolute atomic E-state index is 6.88. The summed E-state index contributed by atoms with van der Waals surface area (Å²) in [6.45, 7) is 10.6. The molecule has 11 rings (SSSR count). The summed E-state index contributed by atoms with van der Waals surface area (Å²) in [7, 11) is 0. The Kier molecular flexibility index (Phi) is 10.5. The molecule has 308 valence electrons. The van der Waals surface area contributed by atoms with Gasteiger partial charge in [0.25, 0.3) is 0 Å². The molecular weight excluding hydrogens is 765 g/mol. The van der Waals surface area contributed by atoms with Crippen molar-refractivity contribution in [2.24, 2.45) is 5.73 Å². The minimum Gasteiger partial charge on any atom is -0.312 e. The summed E-state index contributed by atoms with van der Waals surface area (Å²) in [6, 6.07) is 62.1. The minimum atomic E-state index is -0.347. The number of nitrogens with zero attached hydrogens (tertiary/aromatic N) is 2. The molecule has 0 radical (unpaired) electrons. The molecule has 2 aromatic heterocycles. The molecule has 2 atom stereocenters. The van der Waals surface area contributed by atoms with Gasteiger partial charge in [-0.3, -0.25) is 5.32 Å². The van der Waals surface area contributed by atoms with Crippen molar-refractivity contribution in [3.8, 4) is 22.5 Å². The van der Waals surface area contributed by atoms with E-state index in [0.717, 1.165) is 11.3 Å². The number of nitrogens with two attached hydrogens (primary N) is 1. The van der Waals surface area contributed by atoms with Crippen LogP contribution in [-0.4, -0.2) is 15.2 Å². The first-order valence-corrected chi connectivity index (χ1v) is 22.2. The Bertz CT molecular complexity index is 3410. The molecule has 10 aromatic rings. The van der Waals surface area contributed by atoms with Gasteiger partial charge in [-0.2, -0.15) is 0 Å². The summed E-state index contributed by atoms with van der Waals surface area (Å²) in [6.07, 6.45) is 8.22. The lowest BCUT2D eigenvalue weighted by molar-refractivity contribution is 0.533. The normalized spacial score (nSPS) is 15.0. The molecule has 2 unspecified atom stereocenters. The summed E-state index contributed by atoms with van der Waals surface area (Å²) in [4.78, 5) is 0. The number of fused-ring (bicyclic) bond motifs is 8. The third kappa shape index (κ3) is 7.08. The SMILES string of the molecule is C/C(=C1/C=CC=CC1NC(N)c1ccc(-n2c3ccccc3c3cc(-c4ccc5c(c4)c4c6ccccc6ccc4n5-c4cc(C)cc(C)c4)ccc32)cc1)c1ccccc1.CC. The van der Waals surface area contributed by atoms with Crippen LogP contribution in [0.5, 0.6) is 0 Å². The van der Waals surface area contributed by atoms with E-state index in [1.54, 1.807) is 0 Å². The number of para-hydroxylation sites is 1. The van der Waals surface area contributed by atoms with Gasteiger partial charge in [0.2, 0.25) is 0 Å². The van der Waals surface area contributed by atoms with Crippen molar-refractivity contribution in [3.63, 3.8) is 0 Å². The fraction of sp³-hybridized carbons (Fsp3) is 0.119. The lowest BCUT2D eigenvalue weighted by atomic mass is 9.92. The van der Waals surface area contributed by atoms with Gasteiger partial charge in [0, 0.05) is 32.9 Å². The van der Waals surface area contributed by atoms with Crippen LogP contribution in [0.15, 0.2) is 200 Å². The van der Waals surface area contributed by atoms with Crippen molar-refractivity contribution in [1.82, 2.24) is 14.5 Å². The van der Waals surface area contributed by atoms with Gasteiger partial charge in [0.15, 0.2) is 0 Å². The zero-order valence-electron chi connectivity index (χ0n) is 36.6. The topological polar surface area (TPSA) is 47.9 Å². The first-order chi connectivity index (χ1) is 30.9. The average Bonchev–Trinajstić information content (AvgIpc) is 3.84. The van der Waals surface area contributed by atoms with Crippen molar-refractivity contribution in [2.75, 3.05) is 0 Å². The Morgan fingerprint density at radius 3 is 1.89 bits per heavy atom. The van der Waals surface area contributed by atoms with Crippen molar-refractivity contribution < 1.29 is 0 Å². The molecule has 0 bridgehead atoms. The third-order valence-electron chi connectivity index (χ3n) is 12.7.